The van der Waals surface area contributed by atoms with E-state index >= 15 is 0 Å². The highest BCUT2D eigenvalue weighted by Crippen LogP contribution is 2.49. The number of rotatable bonds is 11. The van der Waals surface area contributed by atoms with Gasteiger partial charge in [0.25, 0.3) is 0 Å². The predicted molar refractivity (Wildman–Crippen MR) is 182 cm³/mol. The van der Waals surface area contributed by atoms with Crippen LogP contribution >= 0.6 is 23.2 Å². The summed E-state index contributed by atoms with van der Waals surface area (Å²) in [4.78, 5) is 4.32. The van der Waals surface area contributed by atoms with Gasteiger partial charge in [0.2, 0.25) is 0 Å². The molecule has 0 heterocycles. The van der Waals surface area contributed by atoms with Gasteiger partial charge in [-0.3, -0.25) is 0 Å². The lowest BCUT2D eigenvalue weighted by molar-refractivity contribution is 0.243. The Bertz CT molecular complexity index is 1600. The number of phenolic OH excluding ortho intramolecular Hbond substituents is 2. The van der Waals surface area contributed by atoms with Crippen molar-refractivity contribution in [1.29, 1.82) is 0 Å². The van der Waals surface area contributed by atoms with Crippen LogP contribution in [0.5, 0.6) is 11.5 Å². The third kappa shape index (κ3) is 6.64. The Kier molecular flexibility index (Phi) is 9.97. The lowest BCUT2D eigenvalue weighted by Crippen LogP contribution is -2.32. The van der Waals surface area contributed by atoms with Gasteiger partial charge in [-0.2, -0.15) is 0 Å². The molecule has 0 unspecified atom stereocenters. The Balaban J connectivity index is 1.49. The van der Waals surface area contributed by atoms with E-state index in [1.165, 1.54) is 0 Å². The van der Waals surface area contributed by atoms with E-state index < -0.39 is 5.41 Å². The van der Waals surface area contributed by atoms with Crippen LogP contribution in [0.3, 0.4) is 0 Å². The zero-order valence-corrected chi connectivity index (χ0v) is 26.9. The second-order valence-electron chi connectivity index (χ2n) is 11.5. The van der Waals surface area contributed by atoms with Crippen LogP contribution < -0.4 is 0 Å². The molecular weight excluding hydrogens is 587 g/mol. The molecule has 0 atom stereocenters. The number of hydrogen-bond donors (Lipinski definition) is 2. The summed E-state index contributed by atoms with van der Waals surface area (Å²) in [6.07, 6.45) is 0. The van der Waals surface area contributed by atoms with Gasteiger partial charge in [-0.25, -0.2) is 0 Å². The highest BCUT2D eigenvalue weighted by atomic mass is 35.5. The van der Waals surface area contributed by atoms with Gasteiger partial charge < -0.3 is 20.0 Å². The van der Waals surface area contributed by atoms with E-state index in [1.807, 2.05) is 25.2 Å². The Morgan fingerprint density at radius 2 is 1.02 bits per heavy atom. The molecule has 44 heavy (non-hydrogen) atoms. The molecule has 0 aliphatic carbocycles. The van der Waals surface area contributed by atoms with E-state index in [2.05, 4.69) is 109 Å². The molecule has 0 saturated heterocycles. The molecule has 0 radical (unpaired) electrons. The number of phenols is 2. The first kappa shape index (κ1) is 31.6. The van der Waals surface area contributed by atoms with Crippen molar-refractivity contribution in [1.82, 2.24) is 9.80 Å². The minimum absolute atomic E-state index is 0.0622. The van der Waals surface area contributed by atoms with Crippen molar-refractivity contribution in [3.63, 3.8) is 0 Å². The van der Waals surface area contributed by atoms with E-state index in [0.29, 0.717) is 29.4 Å². The summed E-state index contributed by atoms with van der Waals surface area (Å²) in [6, 6.07) is 38.8. The van der Waals surface area contributed by atoms with Crippen molar-refractivity contribution in [3.05, 3.63) is 164 Å². The number of hydrogen-bond acceptors (Lipinski definition) is 4. The summed E-state index contributed by atoms with van der Waals surface area (Å²) in [6.45, 7) is 4.65. The molecule has 226 valence electrons. The smallest absolute Gasteiger partial charge is 0.138 e. The number of halogens is 2. The summed E-state index contributed by atoms with van der Waals surface area (Å²) < 4.78 is 0. The number of aryl methyl sites for hydroxylation is 1. The van der Waals surface area contributed by atoms with Gasteiger partial charge in [0.05, 0.1) is 10.4 Å². The van der Waals surface area contributed by atoms with Crippen LogP contribution in [0.1, 0.15) is 38.9 Å². The Morgan fingerprint density at radius 1 is 0.591 bits per heavy atom. The van der Waals surface area contributed by atoms with E-state index in [4.69, 9.17) is 23.2 Å². The zero-order chi connectivity index (χ0) is 31.3. The summed E-state index contributed by atoms with van der Waals surface area (Å²) in [5.74, 6) is 0.359. The molecule has 6 heteroatoms. The fourth-order valence-electron chi connectivity index (χ4n) is 6.11. The monoisotopic (exact) mass is 624 g/mol. The molecule has 0 bridgehead atoms. The largest absolute Gasteiger partial charge is 0.507 e. The van der Waals surface area contributed by atoms with Crippen molar-refractivity contribution in [2.75, 3.05) is 27.2 Å². The molecule has 5 aromatic carbocycles. The lowest BCUT2D eigenvalue weighted by atomic mass is 9.64. The summed E-state index contributed by atoms with van der Waals surface area (Å²) in [5.41, 5.74) is 6.03. The number of likely N-dealkylation sites (N-methyl/N-ethyl adjacent to an activating group) is 2. The van der Waals surface area contributed by atoms with Gasteiger partial charge >= 0.3 is 0 Å². The predicted octanol–water partition coefficient (Wildman–Crippen LogP) is 8.66. The fraction of sp³-hybridized carbons (Fsp3) is 0.211. The van der Waals surface area contributed by atoms with Gasteiger partial charge in [0.1, 0.15) is 11.5 Å². The van der Waals surface area contributed by atoms with Gasteiger partial charge in [-0.05, 0) is 49.8 Å². The third-order valence-corrected chi connectivity index (χ3v) is 8.72. The Labute approximate surface area is 270 Å². The fourth-order valence-corrected chi connectivity index (χ4v) is 6.65. The van der Waals surface area contributed by atoms with E-state index in [9.17, 15) is 10.2 Å². The molecule has 5 rings (SSSR count). The highest BCUT2D eigenvalue weighted by Gasteiger charge is 2.41. The average molecular weight is 626 g/mol. The maximum absolute atomic E-state index is 12.1. The van der Waals surface area contributed by atoms with Gasteiger partial charge in [0, 0.05) is 47.9 Å². The zero-order valence-electron chi connectivity index (χ0n) is 25.3. The summed E-state index contributed by atoms with van der Waals surface area (Å²) >= 11 is 12.3. The molecule has 0 saturated carbocycles. The first-order valence-corrected chi connectivity index (χ1v) is 15.5. The maximum Gasteiger partial charge on any atom is 0.138 e. The van der Waals surface area contributed by atoms with Crippen LogP contribution in [0.25, 0.3) is 0 Å². The first-order chi connectivity index (χ1) is 21.2. The van der Waals surface area contributed by atoms with Crippen LogP contribution in [-0.4, -0.2) is 47.2 Å². The molecule has 2 N–H and O–H groups in total. The highest BCUT2D eigenvalue weighted by molar-refractivity contribution is 6.35. The topological polar surface area (TPSA) is 46.9 Å². The Hall–Kier alpha value is -3.80. The summed E-state index contributed by atoms with van der Waals surface area (Å²) in [5, 5.41) is 23.3. The summed E-state index contributed by atoms with van der Waals surface area (Å²) in [7, 11) is 4.06. The van der Waals surface area contributed by atoms with Gasteiger partial charge in [-0.15, -0.1) is 0 Å². The van der Waals surface area contributed by atoms with Crippen LogP contribution in [0.15, 0.2) is 115 Å². The standard InChI is InChI=1S/C38H38Cl2N2O2/c1-27-21-28(25-41(2)19-20-42(3)26-29-23-33(39)24-35(40)37(29)44)36(43)34(22-27)38(30-13-7-4-8-14-30,31-15-9-5-10-16-31)32-17-11-6-12-18-32/h4-18,21-24,43-44H,19-20,25-26H2,1-3H3. The second kappa shape index (κ2) is 13.9. The quantitative estimate of drug-likeness (QED) is 0.144. The molecule has 0 aromatic heterocycles. The molecule has 4 nitrogen and oxygen atoms in total. The van der Waals surface area contributed by atoms with Crippen LogP contribution in [0, 0.1) is 6.92 Å². The molecule has 0 fully saturated rings. The van der Waals surface area contributed by atoms with Gasteiger partial charge in [-0.1, -0.05) is 132 Å². The van der Waals surface area contributed by atoms with E-state index in [-0.39, 0.29) is 10.8 Å². The molecular formula is C38H38Cl2N2O2. The van der Waals surface area contributed by atoms with Crippen LogP contribution in [0.2, 0.25) is 10.0 Å². The average Bonchev–Trinajstić information content (AvgIpc) is 3.02. The van der Waals surface area contributed by atoms with Crippen LogP contribution in [0.4, 0.5) is 0 Å². The number of benzene rings is 5. The van der Waals surface area contributed by atoms with Crippen molar-refractivity contribution < 1.29 is 10.2 Å². The van der Waals surface area contributed by atoms with Crippen molar-refractivity contribution in [3.8, 4) is 11.5 Å². The number of nitrogens with zero attached hydrogens (tertiary/aromatic N) is 2. The molecule has 0 spiro atoms. The van der Waals surface area contributed by atoms with Gasteiger partial charge in [0.15, 0.2) is 0 Å². The SMILES string of the molecule is Cc1cc(CN(C)CCN(C)Cc2cc(Cl)cc(Cl)c2O)c(O)c(C(c2ccccc2)(c2ccccc2)c2ccccc2)c1. The lowest BCUT2D eigenvalue weighted by Gasteiger charge is -2.38. The molecule has 5 aromatic rings. The molecule has 0 amide bonds. The maximum atomic E-state index is 12.1. The minimum atomic E-state index is -0.729. The van der Waals surface area contributed by atoms with E-state index in [0.717, 1.165) is 46.5 Å². The van der Waals surface area contributed by atoms with Crippen molar-refractivity contribution in [2.45, 2.75) is 25.4 Å². The minimum Gasteiger partial charge on any atom is -0.507 e. The second-order valence-corrected chi connectivity index (χ2v) is 12.4. The number of aromatic hydroxyl groups is 2. The molecule has 0 aliphatic rings. The van der Waals surface area contributed by atoms with Crippen molar-refractivity contribution in [2.24, 2.45) is 0 Å². The van der Waals surface area contributed by atoms with E-state index in [1.54, 1.807) is 12.1 Å². The van der Waals surface area contributed by atoms with Crippen molar-refractivity contribution >= 4 is 23.2 Å². The first-order valence-electron chi connectivity index (χ1n) is 14.7. The Morgan fingerprint density at radius 3 is 1.48 bits per heavy atom. The normalized spacial score (nSPS) is 11.8. The third-order valence-electron chi connectivity index (χ3n) is 8.21. The molecule has 0 aliphatic heterocycles. The van der Waals surface area contributed by atoms with Crippen LogP contribution in [-0.2, 0) is 18.5 Å².